The summed E-state index contributed by atoms with van der Waals surface area (Å²) >= 11 is 1.80. The number of aromatic nitrogens is 1. The average Bonchev–Trinajstić information content (AvgIpc) is 3.18. The van der Waals surface area contributed by atoms with Crippen LogP contribution in [0, 0.1) is 13.8 Å². The second-order valence-electron chi connectivity index (χ2n) is 9.84. The number of nitrogens with zero attached hydrogens (tertiary/aromatic N) is 3. The summed E-state index contributed by atoms with van der Waals surface area (Å²) in [7, 11) is 0. The highest BCUT2D eigenvalue weighted by molar-refractivity contribution is 7.22. The van der Waals surface area contributed by atoms with Gasteiger partial charge in [0.05, 0.1) is 10.2 Å². The van der Waals surface area contributed by atoms with Gasteiger partial charge in [0.25, 0.3) is 5.91 Å². The zero-order chi connectivity index (χ0) is 22.9. The fourth-order valence-corrected chi connectivity index (χ4v) is 5.28. The van der Waals surface area contributed by atoms with E-state index in [4.69, 9.17) is 4.98 Å². The van der Waals surface area contributed by atoms with Crippen molar-refractivity contribution in [3.05, 3.63) is 58.7 Å². The molecule has 0 atom stereocenters. The molecule has 0 spiro atoms. The van der Waals surface area contributed by atoms with Crippen LogP contribution < -0.4 is 10.2 Å². The van der Waals surface area contributed by atoms with Gasteiger partial charge < -0.3 is 10.2 Å². The molecule has 1 N–H and O–H groups in total. The summed E-state index contributed by atoms with van der Waals surface area (Å²) in [6, 6.07) is 12.4. The topological polar surface area (TPSA) is 48.5 Å². The molecule has 4 rings (SSSR count). The first-order valence-electron chi connectivity index (χ1n) is 11.4. The molecule has 0 unspecified atom stereocenters. The molecule has 2 heterocycles. The van der Waals surface area contributed by atoms with Crippen molar-refractivity contribution < 1.29 is 4.79 Å². The zero-order valence-electron chi connectivity index (χ0n) is 19.9. The van der Waals surface area contributed by atoms with Crippen molar-refractivity contribution in [2.45, 2.75) is 40.0 Å². The van der Waals surface area contributed by atoms with Crippen LogP contribution in [-0.4, -0.2) is 55.1 Å². The molecule has 2 aromatic carbocycles. The van der Waals surface area contributed by atoms with Crippen molar-refractivity contribution in [1.29, 1.82) is 0 Å². The first kappa shape index (κ1) is 22.7. The maximum absolute atomic E-state index is 12.5. The quantitative estimate of drug-likeness (QED) is 0.609. The highest BCUT2D eigenvalue weighted by Gasteiger charge is 2.20. The number of hydrogen-bond donors (Lipinski definition) is 1. The fraction of sp³-hybridized carbons (Fsp3) is 0.462. The van der Waals surface area contributed by atoms with Gasteiger partial charge >= 0.3 is 0 Å². The first-order chi connectivity index (χ1) is 15.2. The lowest BCUT2D eigenvalue weighted by Gasteiger charge is -2.34. The predicted molar refractivity (Wildman–Crippen MR) is 135 cm³/mol. The highest BCUT2D eigenvalue weighted by Crippen LogP contribution is 2.32. The Balaban J connectivity index is 1.25. The predicted octanol–water partition coefficient (Wildman–Crippen LogP) is 4.76. The summed E-state index contributed by atoms with van der Waals surface area (Å²) in [4.78, 5) is 22.2. The Morgan fingerprint density at radius 1 is 1.06 bits per heavy atom. The van der Waals surface area contributed by atoms with Gasteiger partial charge in [-0.1, -0.05) is 50.3 Å². The number of carbonyl (C=O) groups is 1. The van der Waals surface area contributed by atoms with Crippen molar-refractivity contribution in [2.24, 2.45) is 0 Å². The molecule has 0 aliphatic carbocycles. The molecule has 6 heteroatoms. The van der Waals surface area contributed by atoms with Gasteiger partial charge in [0.2, 0.25) is 0 Å². The molecule has 1 aliphatic heterocycles. The van der Waals surface area contributed by atoms with Gasteiger partial charge in [-0.25, -0.2) is 4.98 Å². The van der Waals surface area contributed by atoms with Crippen LogP contribution in [0.1, 0.15) is 47.8 Å². The Kier molecular flexibility index (Phi) is 6.54. The number of rotatable bonds is 5. The van der Waals surface area contributed by atoms with E-state index >= 15 is 0 Å². The third-order valence-corrected chi connectivity index (χ3v) is 7.45. The molecule has 5 nitrogen and oxygen atoms in total. The van der Waals surface area contributed by atoms with Gasteiger partial charge in [-0.15, -0.1) is 0 Å². The van der Waals surface area contributed by atoms with Crippen LogP contribution in [-0.2, 0) is 5.41 Å². The van der Waals surface area contributed by atoms with E-state index in [1.54, 1.807) is 11.3 Å². The number of aryl methyl sites for hydroxylation is 2. The second kappa shape index (κ2) is 9.20. The Labute approximate surface area is 195 Å². The molecule has 32 heavy (non-hydrogen) atoms. The minimum absolute atomic E-state index is 0.00392. The monoisotopic (exact) mass is 450 g/mol. The molecule has 1 aliphatic rings. The van der Waals surface area contributed by atoms with Crippen molar-refractivity contribution in [3.63, 3.8) is 0 Å². The maximum Gasteiger partial charge on any atom is 0.251 e. The Morgan fingerprint density at radius 3 is 2.41 bits per heavy atom. The van der Waals surface area contributed by atoms with Crippen LogP contribution in [0.4, 0.5) is 5.13 Å². The Hall–Kier alpha value is -2.44. The second-order valence-corrected chi connectivity index (χ2v) is 10.8. The standard InChI is InChI=1S/C26H34N4OS/c1-18-16-19(2)23-22(17-18)28-25(32-23)30-14-12-29(13-15-30)11-10-27-24(31)20-6-8-21(9-7-20)26(3,4)5/h6-9,16-17H,10-15H2,1-5H3,(H,27,31). The third kappa shape index (κ3) is 5.13. The van der Waals surface area contributed by atoms with E-state index in [1.807, 2.05) is 12.1 Å². The number of hydrogen-bond acceptors (Lipinski definition) is 5. The van der Waals surface area contributed by atoms with Gasteiger partial charge in [0, 0.05) is 44.8 Å². The number of carbonyl (C=O) groups excluding carboxylic acids is 1. The van der Waals surface area contributed by atoms with Gasteiger partial charge in [0.1, 0.15) is 0 Å². The summed E-state index contributed by atoms with van der Waals surface area (Å²) in [5, 5.41) is 4.20. The highest BCUT2D eigenvalue weighted by atomic mass is 32.1. The summed E-state index contributed by atoms with van der Waals surface area (Å²) in [6.07, 6.45) is 0. The van der Waals surface area contributed by atoms with E-state index in [9.17, 15) is 4.79 Å². The van der Waals surface area contributed by atoms with Gasteiger partial charge in [-0.2, -0.15) is 0 Å². The molecular formula is C26H34N4OS. The Morgan fingerprint density at radius 2 is 1.75 bits per heavy atom. The number of thiazole rings is 1. The van der Waals surface area contributed by atoms with E-state index < -0.39 is 0 Å². The largest absolute Gasteiger partial charge is 0.351 e. The Bertz CT molecular complexity index is 1090. The third-order valence-electron chi connectivity index (χ3n) is 6.18. The van der Waals surface area contributed by atoms with E-state index in [-0.39, 0.29) is 11.3 Å². The number of benzene rings is 2. The van der Waals surface area contributed by atoms with Crippen LogP contribution >= 0.6 is 11.3 Å². The molecule has 0 bridgehead atoms. The van der Waals surface area contributed by atoms with Crippen LogP contribution in [0.5, 0.6) is 0 Å². The maximum atomic E-state index is 12.5. The number of anilines is 1. The van der Waals surface area contributed by atoms with Gasteiger partial charge in [-0.3, -0.25) is 9.69 Å². The summed E-state index contributed by atoms with van der Waals surface area (Å²) in [5.41, 5.74) is 5.76. The lowest BCUT2D eigenvalue weighted by molar-refractivity contribution is 0.0947. The number of fused-ring (bicyclic) bond motifs is 1. The zero-order valence-corrected chi connectivity index (χ0v) is 20.7. The molecule has 1 aromatic heterocycles. The van der Waals surface area contributed by atoms with E-state index in [0.717, 1.165) is 48.9 Å². The van der Waals surface area contributed by atoms with Crippen molar-refractivity contribution >= 4 is 32.6 Å². The number of piperazine rings is 1. The number of amides is 1. The minimum Gasteiger partial charge on any atom is -0.351 e. The molecule has 1 saturated heterocycles. The molecule has 3 aromatic rings. The van der Waals surface area contributed by atoms with Crippen LogP contribution in [0.25, 0.3) is 10.2 Å². The normalized spacial score (nSPS) is 15.3. The molecule has 1 fully saturated rings. The summed E-state index contributed by atoms with van der Waals surface area (Å²) in [6.45, 7) is 16.3. The van der Waals surface area contributed by atoms with Crippen LogP contribution in [0.3, 0.4) is 0 Å². The van der Waals surface area contributed by atoms with E-state index in [2.05, 4.69) is 74.0 Å². The average molecular weight is 451 g/mol. The fourth-order valence-electron chi connectivity index (χ4n) is 4.21. The molecule has 0 radical (unpaired) electrons. The number of nitrogens with one attached hydrogen (secondary N) is 1. The van der Waals surface area contributed by atoms with Crippen LogP contribution in [0.15, 0.2) is 36.4 Å². The SMILES string of the molecule is Cc1cc(C)c2sc(N3CCN(CCNC(=O)c4ccc(C(C)(C)C)cc4)CC3)nc2c1. The van der Waals surface area contributed by atoms with Gasteiger partial charge in [0.15, 0.2) is 5.13 Å². The van der Waals surface area contributed by atoms with Crippen LogP contribution in [0.2, 0.25) is 0 Å². The van der Waals surface area contributed by atoms with E-state index in [1.165, 1.54) is 21.4 Å². The molecule has 170 valence electrons. The van der Waals surface area contributed by atoms with Crippen molar-refractivity contribution in [3.8, 4) is 0 Å². The molecular weight excluding hydrogens is 416 g/mol. The summed E-state index contributed by atoms with van der Waals surface area (Å²) < 4.78 is 1.30. The first-order valence-corrected chi connectivity index (χ1v) is 12.3. The molecule has 1 amide bonds. The molecule has 0 saturated carbocycles. The van der Waals surface area contributed by atoms with Gasteiger partial charge in [-0.05, 0) is 54.2 Å². The van der Waals surface area contributed by atoms with Crippen molar-refractivity contribution in [2.75, 3.05) is 44.2 Å². The lowest BCUT2D eigenvalue weighted by Crippen LogP contribution is -2.48. The minimum atomic E-state index is 0.00392. The smallest absolute Gasteiger partial charge is 0.251 e. The lowest BCUT2D eigenvalue weighted by atomic mass is 9.87. The summed E-state index contributed by atoms with van der Waals surface area (Å²) in [5.74, 6) is 0.00392. The van der Waals surface area contributed by atoms with Crippen molar-refractivity contribution in [1.82, 2.24) is 15.2 Å². The van der Waals surface area contributed by atoms with E-state index in [0.29, 0.717) is 6.54 Å².